The van der Waals surface area contributed by atoms with Gasteiger partial charge in [-0.2, -0.15) is 0 Å². The number of rotatable bonds is 10. The highest BCUT2D eigenvalue weighted by Crippen LogP contribution is 2.31. The normalized spacial score (nSPS) is 16.2. The highest BCUT2D eigenvalue weighted by molar-refractivity contribution is 5.93. The van der Waals surface area contributed by atoms with Gasteiger partial charge in [-0.25, -0.2) is 0 Å². The molecule has 6 rings (SSSR count). The maximum atomic E-state index is 13.4. The molecular formula is C33H37N3O6. The van der Waals surface area contributed by atoms with E-state index in [0.717, 1.165) is 56.9 Å². The molecule has 1 saturated heterocycles. The molecule has 0 radical (unpaired) electrons. The van der Waals surface area contributed by atoms with Crippen LogP contribution in [0, 0.1) is 6.92 Å². The third-order valence-corrected chi connectivity index (χ3v) is 7.98. The first-order valence-corrected chi connectivity index (χ1v) is 14.9. The van der Waals surface area contributed by atoms with E-state index in [1.165, 1.54) is 12.8 Å². The molecule has 9 nitrogen and oxygen atoms in total. The van der Waals surface area contributed by atoms with Crippen molar-refractivity contribution in [3.05, 3.63) is 70.1 Å². The molecule has 1 N–H and O–H groups in total. The molecule has 1 aliphatic heterocycles. The molecule has 2 fully saturated rings. The van der Waals surface area contributed by atoms with Crippen LogP contribution in [0.1, 0.15) is 43.4 Å². The number of amides is 1. The lowest BCUT2D eigenvalue weighted by atomic mass is 10.1. The van der Waals surface area contributed by atoms with Gasteiger partial charge in [0.05, 0.1) is 30.2 Å². The third kappa shape index (κ3) is 6.74. The minimum Gasteiger partial charge on any atom is -0.488 e. The van der Waals surface area contributed by atoms with Crippen LogP contribution in [0.5, 0.6) is 17.2 Å². The number of benzene rings is 2. The average Bonchev–Trinajstić information content (AvgIpc) is 3.51. The molecule has 2 aromatic heterocycles. The van der Waals surface area contributed by atoms with Gasteiger partial charge in [0.2, 0.25) is 11.3 Å². The fourth-order valence-corrected chi connectivity index (χ4v) is 5.69. The van der Waals surface area contributed by atoms with E-state index < -0.39 is 0 Å². The third-order valence-electron chi connectivity index (χ3n) is 7.98. The van der Waals surface area contributed by atoms with Gasteiger partial charge in [0, 0.05) is 43.9 Å². The topological polar surface area (TPSA) is 103 Å². The van der Waals surface area contributed by atoms with Gasteiger partial charge in [-0.3, -0.25) is 19.5 Å². The zero-order valence-electron chi connectivity index (χ0n) is 24.0. The quantitative estimate of drug-likeness (QED) is 0.261. The summed E-state index contributed by atoms with van der Waals surface area (Å²) in [7, 11) is 0. The number of carbonyl (C=O) groups is 1. The Balaban J connectivity index is 1.14. The van der Waals surface area contributed by atoms with Crippen molar-refractivity contribution >= 4 is 27.8 Å². The molecule has 220 valence electrons. The van der Waals surface area contributed by atoms with Gasteiger partial charge < -0.3 is 23.9 Å². The first kappa shape index (κ1) is 28.2. The predicted octanol–water partition coefficient (Wildman–Crippen LogP) is 5.14. The standard InChI is InChI=1S/C33H37N3O6/c1-22-18-28-32(38)27-10-9-25(20-29(27)42-33(28)30(19-22)40-17-14-36-12-15-39-16-13-36)41-26-8-6-23(34-21-26)7-11-31(37)35-24-4-2-3-5-24/h6,8-10,18-21,24H,2-5,7,11-17H2,1H3,(H,35,37). The molecule has 0 spiro atoms. The summed E-state index contributed by atoms with van der Waals surface area (Å²) in [5.74, 6) is 1.71. The van der Waals surface area contributed by atoms with Crippen LogP contribution in [0.4, 0.5) is 0 Å². The number of morpholine rings is 1. The molecule has 0 atom stereocenters. The maximum absolute atomic E-state index is 13.4. The average molecular weight is 572 g/mol. The Labute approximate surface area is 244 Å². The summed E-state index contributed by atoms with van der Waals surface area (Å²) in [6.45, 7) is 6.44. The van der Waals surface area contributed by atoms with Crippen LogP contribution in [0.15, 0.2) is 57.9 Å². The van der Waals surface area contributed by atoms with Gasteiger partial charge in [0.25, 0.3) is 0 Å². The van der Waals surface area contributed by atoms with Crippen molar-refractivity contribution in [2.45, 2.75) is 51.5 Å². The van der Waals surface area contributed by atoms with Gasteiger partial charge in [-0.15, -0.1) is 0 Å². The Hall–Kier alpha value is -3.95. The lowest BCUT2D eigenvalue weighted by molar-refractivity contribution is -0.121. The van der Waals surface area contributed by atoms with Gasteiger partial charge in [0.15, 0.2) is 11.3 Å². The molecule has 1 saturated carbocycles. The van der Waals surface area contributed by atoms with E-state index >= 15 is 0 Å². The van der Waals surface area contributed by atoms with Crippen molar-refractivity contribution in [3.63, 3.8) is 0 Å². The van der Waals surface area contributed by atoms with E-state index in [0.29, 0.717) is 64.7 Å². The van der Waals surface area contributed by atoms with Gasteiger partial charge in [-0.1, -0.05) is 12.8 Å². The number of hydrogen-bond acceptors (Lipinski definition) is 8. The molecule has 2 aromatic carbocycles. The summed E-state index contributed by atoms with van der Waals surface area (Å²) < 4.78 is 23.9. The number of ether oxygens (including phenoxy) is 3. The van der Waals surface area contributed by atoms with E-state index in [1.807, 2.05) is 31.2 Å². The van der Waals surface area contributed by atoms with Gasteiger partial charge in [0.1, 0.15) is 23.7 Å². The Morgan fingerprint density at radius 2 is 1.86 bits per heavy atom. The molecule has 0 bridgehead atoms. The zero-order valence-corrected chi connectivity index (χ0v) is 24.0. The van der Waals surface area contributed by atoms with Crippen molar-refractivity contribution in [2.75, 3.05) is 39.5 Å². The van der Waals surface area contributed by atoms with E-state index in [1.54, 1.807) is 24.4 Å². The predicted molar refractivity (Wildman–Crippen MR) is 161 cm³/mol. The number of carbonyl (C=O) groups excluding carboxylic acids is 1. The number of fused-ring (bicyclic) bond motifs is 2. The Kier molecular flexibility index (Phi) is 8.67. The maximum Gasteiger partial charge on any atom is 0.220 e. The summed E-state index contributed by atoms with van der Waals surface area (Å²) in [6, 6.07) is 13.0. The molecule has 1 amide bonds. The highest BCUT2D eigenvalue weighted by Gasteiger charge is 2.18. The van der Waals surface area contributed by atoms with E-state index in [2.05, 4.69) is 15.2 Å². The molecule has 3 heterocycles. The number of pyridine rings is 1. The van der Waals surface area contributed by atoms with Crippen molar-refractivity contribution in [1.29, 1.82) is 0 Å². The smallest absolute Gasteiger partial charge is 0.220 e. The number of aryl methyl sites for hydroxylation is 2. The van der Waals surface area contributed by atoms with Gasteiger partial charge in [-0.05, 0) is 68.1 Å². The van der Waals surface area contributed by atoms with Crippen molar-refractivity contribution in [3.8, 4) is 17.2 Å². The lowest BCUT2D eigenvalue weighted by Crippen LogP contribution is -2.38. The fraction of sp³-hybridized carbons (Fsp3) is 0.424. The second-order valence-electron chi connectivity index (χ2n) is 11.2. The van der Waals surface area contributed by atoms with Crippen molar-refractivity contribution in [1.82, 2.24) is 15.2 Å². The molecule has 0 unspecified atom stereocenters. The Bertz CT molecular complexity index is 1600. The fourth-order valence-electron chi connectivity index (χ4n) is 5.69. The first-order valence-electron chi connectivity index (χ1n) is 14.9. The summed E-state index contributed by atoms with van der Waals surface area (Å²) in [6.07, 6.45) is 7.18. The summed E-state index contributed by atoms with van der Waals surface area (Å²) >= 11 is 0. The Morgan fingerprint density at radius 3 is 2.64 bits per heavy atom. The second-order valence-corrected chi connectivity index (χ2v) is 11.2. The van der Waals surface area contributed by atoms with E-state index in [4.69, 9.17) is 18.6 Å². The number of nitrogens with zero attached hydrogens (tertiary/aromatic N) is 2. The Morgan fingerprint density at radius 1 is 1.05 bits per heavy atom. The second kappa shape index (κ2) is 12.9. The zero-order chi connectivity index (χ0) is 28.9. The first-order chi connectivity index (χ1) is 20.5. The van der Waals surface area contributed by atoms with Crippen LogP contribution in [-0.4, -0.2) is 61.3 Å². The molecule has 42 heavy (non-hydrogen) atoms. The van der Waals surface area contributed by atoms with Crippen LogP contribution >= 0.6 is 0 Å². The number of hydrogen-bond donors (Lipinski definition) is 1. The lowest BCUT2D eigenvalue weighted by Gasteiger charge is -2.26. The molecule has 9 heteroatoms. The minimum atomic E-state index is -0.109. The molecule has 1 aliphatic carbocycles. The van der Waals surface area contributed by atoms with E-state index in [9.17, 15) is 9.59 Å². The van der Waals surface area contributed by atoms with Crippen LogP contribution in [0.2, 0.25) is 0 Å². The van der Waals surface area contributed by atoms with Crippen LogP contribution in [0.25, 0.3) is 21.9 Å². The van der Waals surface area contributed by atoms with Crippen molar-refractivity contribution in [2.24, 2.45) is 0 Å². The molecular weight excluding hydrogens is 534 g/mol. The van der Waals surface area contributed by atoms with Crippen molar-refractivity contribution < 1.29 is 23.4 Å². The molecule has 4 aromatic rings. The van der Waals surface area contributed by atoms with Crippen LogP contribution < -0.4 is 20.2 Å². The van der Waals surface area contributed by atoms with Gasteiger partial charge >= 0.3 is 0 Å². The summed E-state index contributed by atoms with van der Waals surface area (Å²) in [4.78, 5) is 32.4. The number of aromatic nitrogens is 1. The van der Waals surface area contributed by atoms with E-state index in [-0.39, 0.29) is 11.3 Å². The summed E-state index contributed by atoms with van der Waals surface area (Å²) in [5.41, 5.74) is 2.50. The monoisotopic (exact) mass is 571 g/mol. The minimum absolute atomic E-state index is 0.0787. The highest BCUT2D eigenvalue weighted by atomic mass is 16.5. The SMILES string of the molecule is Cc1cc(OCCN2CCOCC2)c2oc3cc(Oc4ccc(CCC(=O)NC5CCCC5)nc4)ccc3c(=O)c2c1. The van der Waals surface area contributed by atoms with Crippen LogP contribution in [0.3, 0.4) is 0 Å². The summed E-state index contributed by atoms with van der Waals surface area (Å²) in [5, 5.41) is 4.09. The molecule has 2 aliphatic rings. The largest absolute Gasteiger partial charge is 0.488 e. The number of nitrogens with one attached hydrogen (secondary N) is 1. The van der Waals surface area contributed by atoms with Crippen LogP contribution in [-0.2, 0) is 16.0 Å².